The lowest BCUT2D eigenvalue weighted by Gasteiger charge is -2.07. The molecule has 0 aliphatic carbocycles. The average molecular weight is 288 g/mol. The van der Waals surface area contributed by atoms with E-state index in [2.05, 4.69) is 20.8 Å². The third-order valence-corrected chi connectivity index (χ3v) is 3.10. The van der Waals surface area contributed by atoms with Crippen LogP contribution in [0.3, 0.4) is 0 Å². The Balaban J connectivity index is 1.77. The van der Waals surface area contributed by atoms with E-state index in [-0.39, 0.29) is 5.91 Å². The number of anilines is 1. The largest absolute Gasteiger partial charge is 0.351 e. The summed E-state index contributed by atoms with van der Waals surface area (Å²) in [6.45, 7) is 5.35. The van der Waals surface area contributed by atoms with Gasteiger partial charge in [-0.2, -0.15) is 5.10 Å². The fraction of sp³-hybridized carbons (Fsp3) is 0.357. The molecule has 21 heavy (non-hydrogen) atoms. The molecule has 0 aromatic carbocycles. The van der Waals surface area contributed by atoms with Crippen molar-refractivity contribution in [2.75, 3.05) is 12.0 Å². The highest BCUT2D eigenvalue weighted by Gasteiger charge is 2.06. The van der Waals surface area contributed by atoms with Crippen molar-refractivity contribution < 1.29 is 4.79 Å². The standard InChI is InChI=1S/C14H20N6O/c1-10-8-11(2)20(19-10)7-3-6-16-14(21)13-5-4-12(18-15)9-17-13/h4-5,8-9,18H,3,6-7,15H2,1-2H3,(H,16,21). The molecule has 0 spiro atoms. The number of nitrogens with two attached hydrogens (primary N) is 1. The molecule has 2 aromatic rings. The van der Waals surface area contributed by atoms with Crippen molar-refractivity contribution in [2.24, 2.45) is 5.84 Å². The predicted octanol–water partition coefficient (Wildman–Crippen LogP) is 1.00. The van der Waals surface area contributed by atoms with Crippen molar-refractivity contribution in [1.82, 2.24) is 20.1 Å². The molecule has 112 valence electrons. The Morgan fingerprint density at radius 3 is 2.76 bits per heavy atom. The molecule has 0 bridgehead atoms. The number of carbonyl (C=O) groups is 1. The van der Waals surface area contributed by atoms with Crippen molar-refractivity contribution in [3.05, 3.63) is 41.5 Å². The molecule has 0 unspecified atom stereocenters. The molecule has 0 atom stereocenters. The summed E-state index contributed by atoms with van der Waals surface area (Å²) in [5, 5.41) is 7.22. The predicted molar refractivity (Wildman–Crippen MR) is 80.7 cm³/mol. The first kappa shape index (κ1) is 15.0. The molecule has 7 nitrogen and oxygen atoms in total. The van der Waals surface area contributed by atoms with Crippen LogP contribution in [0.1, 0.15) is 28.3 Å². The van der Waals surface area contributed by atoms with Crippen molar-refractivity contribution in [2.45, 2.75) is 26.8 Å². The van der Waals surface area contributed by atoms with Crippen molar-refractivity contribution in [3.63, 3.8) is 0 Å². The van der Waals surface area contributed by atoms with Crippen molar-refractivity contribution >= 4 is 11.6 Å². The summed E-state index contributed by atoms with van der Waals surface area (Å²) in [5.74, 6) is 5.06. The SMILES string of the molecule is Cc1cc(C)n(CCCNC(=O)c2ccc(NN)cn2)n1. The Hall–Kier alpha value is -2.41. The number of rotatable bonds is 6. The second kappa shape index (κ2) is 6.85. The molecule has 2 heterocycles. The molecule has 0 radical (unpaired) electrons. The number of carbonyl (C=O) groups excluding carboxylic acids is 1. The van der Waals surface area contributed by atoms with Crippen LogP contribution in [0.4, 0.5) is 5.69 Å². The summed E-state index contributed by atoms with van der Waals surface area (Å²) in [4.78, 5) is 15.9. The molecule has 2 aromatic heterocycles. The minimum absolute atomic E-state index is 0.188. The van der Waals surface area contributed by atoms with Crippen LogP contribution in [-0.4, -0.2) is 27.2 Å². The Morgan fingerprint density at radius 2 is 2.19 bits per heavy atom. The number of aromatic nitrogens is 3. The number of nitrogen functional groups attached to an aromatic ring is 1. The van der Waals surface area contributed by atoms with Gasteiger partial charge in [0.2, 0.25) is 0 Å². The molecule has 0 aliphatic rings. The van der Waals surface area contributed by atoms with Gasteiger partial charge in [-0.1, -0.05) is 0 Å². The first-order valence-corrected chi connectivity index (χ1v) is 6.82. The van der Waals surface area contributed by atoms with E-state index in [0.717, 1.165) is 24.4 Å². The van der Waals surface area contributed by atoms with Crippen LogP contribution in [0.25, 0.3) is 0 Å². The Morgan fingerprint density at radius 1 is 1.38 bits per heavy atom. The first-order valence-electron chi connectivity index (χ1n) is 6.82. The van der Waals surface area contributed by atoms with Gasteiger partial charge in [-0.25, -0.2) is 4.98 Å². The number of hydrogen-bond acceptors (Lipinski definition) is 5. The highest BCUT2D eigenvalue weighted by Crippen LogP contribution is 2.04. The van der Waals surface area contributed by atoms with Crippen LogP contribution in [0.5, 0.6) is 0 Å². The molecule has 0 fully saturated rings. The zero-order valence-electron chi connectivity index (χ0n) is 12.3. The maximum absolute atomic E-state index is 11.9. The van der Waals surface area contributed by atoms with E-state index in [0.29, 0.717) is 17.9 Å². The van der Waals surface area contributed by atoms with E-state index in [4.69, 9.17) is 5.84 Å². The van der Waals surface area contributed by atoms with Gasteiger partial charge in [0.05, 0.1) is 17.6 Å². The van der Waals surface area contributed by atoms with Crippen LogP contribution >= 0.6 is 0 Å². The van der Waals surface area contributed by atoms with Crippen LogP contribution in [0, 0.1) is 13.8 Å². The lowest BCUT2D eigenvalue weighted by molar-refractivity contribution is 0.0947. The summed E-state index contributed by atoms with van der Waals surface area (Å²) in [6, 6.07) is 5.37. The van der Waals surface area contributed by atoms with Gasteiger partial charge in [0.15, 0.2) is 0 Å². The average Bonchev–Trinajstić information content (AvgIpc) is 2.81. The highest BCUT2D eigenvalue weighted by molar-refractivity contribution is 5.92. The summed E-state index contributed by atoms with van der Waals surface area (Å²) >= 11 is 0. The minimum Gasteiger partial charge on any atom is -0.351 e. The van der Waals surface area contributed by atoms with Gasteiger partial charge >= 0.3 is 0 Å². The monoisotopic (exact) mass is 288 g/mol. The van der Waals surface area contributed by atoms with Gasteiger partial charge in [0.25, 0.3) is 5.91 Å². The van der Waals surface area contributed by atoms with E-state index >= 15 is 0 Å². The molecule has 0 saturated heterocycles. The lowest BCUT2D eigenvalue weighted by atomic mass is 10.3. The van der Waals surface area contributed by atoms with E-state index in [9.17, 15) is 4.79 Å². The number of hydrazine groups is 1. The molecular formula is C14H20N6O. The summed E-state index contributed by atoms with van der Waals surface area (Å²) < 4.78 is 1.95. The van der Waals surface area contributed by atoms with Gasteiger partial charge in [-0.05, 0) is 38.5 Å². The quantitative estimate of drug-likeness (QED) is 0.418. The smallest absolute Gasteiger partial charge is 0.269 e. The van der Waals surface area contributed by atoms with Crippen LogP contribution < -0.4 is 16.6 Å². The molecular weight excluding hydrogens is 268 g/mol. The summed E-state index contributed by atoms with van der Waals surface area (Å²) in [7, 11) is 0. The molecule has 4 N–H and O–H groups in total. The minimum atomic E-state index is -0.188. The third kappa shape index (κ3) is 4.03. The first-order chi connectivity index (χ1) is 10.1. The van der Waals surface area contributed by atoms with Gasteiger partial charge in [0, 0.05) is 18.8 Å². The zero-order chi connectivity index (χ0) is 15.2. The maximum Gasteiger partial charge on any atom is 0.269 e. The Bertz CT molecular complexity index is 604. The second-order valence-electron chi connectivity index (χ2n) is 4.84. The zero-order valence-corrected chi connectivity index (χ0v) is 12.3. The number of nitrogens with zero attached hydrogens (tertiary/aromatic N) is 3. The molecule has 1 amide bonds. The topological polar surface area (TPSA) is 97.9 Å². The van der Waals surface area contributed by atoms with E-state index < -0.39 is 0 Å². The van der Waals surface area contributed by atoms with Crippen molar-refractivity contribution in [3.8, 4) is 0 Å². The summed E-state index contributed by atoms with van der Waals surface area (Å²) in [5.41, 5.74) is 5.64. The van der Waals surface area contributed by atoms with Gasteiger partial charge < -0.3 is 10.7 Å². The fourth-order valence-electron chi connectivity index (χ4n) is 2.04. The van der Waals surface area contributed by atoms with Gasteiger partial charge in [-0.3, -0.25) is 15.3 Å². The second-order valence-corrected chi connectivity index (χ2v) is 4.84. The van der Waals surface area contributed by atoms with Crippen molar-refractivity contribution in [1.29, 1.82) is 0 Å². The molecule has 7 heteroatoms. The Kier molecular flexibility index (Phi) is 4.89. The lowest BCUT2D eigenvalue weighted by Crippen LogP contribution is -2.26. The van der Waals surface area contributed by atoms with Gasteiger partial charge in [-0.15, -0.1) is 0 Å². The number of nitrogens with one attached hydrogen (secondary N) is 2. The van der Waals surface area contributed by atoms with Crippen LogP contribution in [-0.2, 0) is 6.54 Å². The number of aryl methyl sites for hydroxylation is 3. The molecule has 0 aliphatic heterocycles. The van der Waals surface area contributed by atoms with E-state index in [1.54, 1.807) is 12.1 Å². The number of hydrogen-bond donors (Lipinski definition) is 3. The molecule has 0 saturated carbocycles. The normalized spacial score (nSPS) is 10.4. The van der Waals surface area contributed by atoms with E-state index in [1.165, 1.54) is 6.20 Å². The number of amides is 1. The molecule has 2 rings (SSSR count). The highest BCUT2D eigenvalue weighted by atomic mass is 16.1. The third-order valence-electron chi connectivity index (χ3n) is 3.10. The Labute approximate surface area is 123 Å². The number of pyridine rings is 1. The van der Waals surface area contributed by atoms with Gasteiger partial charge in [0.1, 0.15) is 5.69 Å². The van der Waals surface area contributed by atoms with Crippen LogP contribution in [0.2, 0.25) is 0 Å². The van der Waals surface area contributed by atoms with E-state index in [1.807, 2.05) is 24.6 Å². The summed E-state index contributed by atoms with van der Waals surface area (Å²) in [6.07, 6.45) is 2.33. The fourth-order valence-corrected chi connectivity index (χ4v) is 2.04. The van der Waals surface area contributed by atoms with Crippen LogP contribution in [0.15, 0.2) is 24.4 Å². The maximum atomic E-state index is 11.9.